The van der Waals surface area contributed by atoms with Crippen molar-refractivity contribution in [1.82, 2.24) is 16.0 Å². The van der Waals surface area contributed by atoms with Gasteiger partial charge in [-0.15, -0.1) is 0 Å². The van der Waals surface area contributed by atoms with Crippen LogP contribution in [0.3, 0.4) is 0 Å². The smallest absolute Gasteiger partial charge is 0.407 e. The molecule has 6 N–H and O–H groups in total. The number of alkyl carbamates (subject to hydrolysis) is 1. The van der Waals surface area contributed by atoms with E-state index in [0.717, 1.165) is 16.7 Å². The average molecular weight is 735 g/mol. The Morgan fingerprint density at radius 1 is 0.870 bits per heavy atom. The fourth-order valence-electron chi connectivity index (χ4n) is 7.93. The average Bonchev–Trinajstić information content (AvgIpc) is 3.86. The summed E-state index contributed by atoms with van der Waals surface area (Å²) in [5.41, 5.74) is 6.06. The minimum absolute atomic E-state index is 0.0329. The maximum Gasteiger partial charge on any atom is 0.407 e. The topological polar surface area (TPSA) is 169 Å². The van der Waals surface area contributed by atoms with Gasteiger partial charge in [0.25, 0.3) is 0 Å². The number of hydrogen-bond donors (Lipinski definition) is 5. The summed E-state index contributed by atoms with van der Waals surface area (Å²) >= 11 is 0. The Morgan fingerprint density at radius 3 is 2.06 bits per heavy atom. The van der Waals surface area contributed by atoms with E-state index in [0.29, 0.717) is 19.6 Å². The number of nitrogens with two attached hydrogens (primary N) is 1. The molecule has 3 heterocycles. The number of carbonyl (C=O) groups excluding carboxylic acids is 4. The molecule has 284 valence electrons. The van der Waals surface area contributed by atoms with Crippen LogP contribution in [0.5, 0.6) is 0 Å². The predicted octanol–water partition coefficient (Wildman–Crippen LogP) is 4.09. The van der Waals surface area contributed by atoms with Crippen molar-refractivity contribution >= 4 is 23.6 Å². The Kier molecular flexibility index (Phi) is 12.0. The standard InChI is InChI=1S/C43H50N4O7/c1-28(2)22-43(38(49)34(25-46-43)33(40(44)51)20-29-12-6-3-7-13-29)35-26-45-42(39(35)50,23-31-16-10-5-11-17-31)24-37(48)36(21-30-14-8-4-9-15-30)47-41(52)54-32-18-19-53-27-32/h3-17,25-26,28,32-33,36-37,45-46,48H,18-24,27H2,1-2H3,(H2,44,51)(H,47,52). The minimum atomic E-state index is -1.48. The molecule has 0 radical (unpaired) electrons. The lowest BCUT2D eigenvalue weighted by Gasteiger charge is -2.36. The third-order valence-electron chi connectivity index (χ3n) is 10.6. The number of ether oxygens (including phenoxy) is 2. The Balaban J connectivity index is 1.31. The molecule has 6 atom stereocenters. The van der Waals surface area contributed by atoms with Gasteiger partial charge >= 0.3 is 6.09 Å². The molecule has 3 aromatic rings. The molecular weight excluding hydrogens is 684 g/mol. The van der Waals surface area contributed by atoms with Gasteiger partial charge in [-0.1, -0.05) is 105 Å². The Hall–Kier alpha value is -5.26. The number of nitrogens with one attached hydrogen (secondary N) is 3. The molecule has 11 heteroatoms. The maximum absolute atomic E-state index is 15.1. The van der Waals surface area contributed by atoms with E-state index in [1.54, 1.807) is 12.4 Å². The highest BCUT2D eigenvalue weighted by Crippen LogP contribution is 2.42. The first-order valence-electron chi connectivity index (χ1n) is 18.7. The predicted molar refractivity (Wildman–Crippen MR) is 204 cm³/mol. The molecule has 54 heavy (non-hydrogen) atoms. The highest BCUT2D eigenvalue weighted by Gasteiger charge is 2.57. The lowest BCUT2D eigenvalue weighted by molar-refractivity contribution is -0.127. The van der Waals surface area contributed by atoms with Crippen molar-refractivity contribution in [3.63, 3.8) is 0 Å². The van der Waals surface area contributed by atoms with Crippen LogP contribution in [0.4, 0.5) is 4.79 Å². The monoisotopic (exact) mass is 734 g/mol. The molecule has 0 bridgehead atoms. The van der Waals surface area contributed by atoms with Crippen LogP contribution in [0, 0.1) is 11.8 Å². The Morgan fingerprint density at radius 2 is 1.48 bits per heavy atom. The number of Topliss-reactive ketones (excluding diaryl/α,β-unsaturated/α-hetero) is 2. The van der Waals surface area contributed by atoms with E-state index >= 15 is 4.79 Å². The van der Waals surface area contributed by atoms with E-state index < -0.39 is 41.1 Å². The number of ketones is 2. The van der Waals surface area contributed by atoms with Crippen LogP contribution in [-0.4, -0.2) is 71.2 Å². The Labute approximate surface area is 316 Å². The first-order valence-corrected chi connectivity index (χ1v) is 18.7. The van der Waals surface area contributed by atoms with E-state index in [2.05, 4.69) is 16.0 Å². The molecule has 3 aliphatic rings. The molecule has 6 rings (SSSR count). The normalized spacial score (nSPS) is 23.9. The van der Waals surface area contributed by atoms with Crippen molar-refractivity contribution < 1.29 is 33.8 Å². The second kappa shape index (κ2) is 16.8. The zero-order valence-corrected chi connectivity index (χ0v) is 30.8. The number of benzene rings is 3. The molecule has 0 aromatic heterocycles. The summed E-state index contributed by atoms with van der Waals surface area (Å²) in [5, 5.41) is 21.6. The molecule has 0 aliphatic carbocycles. The maximum atomic E-state index is 15.1. The fraction of sp³-hybridized carbons (Fsp3) is 0.395. The summed E-state index contributed by atoms with van der Waals surface area (Å²) in [6, 6.07) is 27.5. The second-order valence-corrected chi connectivity index (χ2v) is 15.1. The van der Waals surface area contributed by atoms with Gasteiger partial charge in [-0.25, -0.2) is 4.79 Å². The van der Waals surface area contributed by atoms with Gasteiger partial charge < -0.3 is 36.3 Å². The quantitative estimate of drug-likeness (QED) is 0.146. The van der Waals surface area contributed by atoms with Crippen LogP contribution in [0.15, 0.2) is 115 Å². The molecule has 1 saturated heterocycles. The van der Waals surface area contributed by atoms with Gasteiger partial charge in [-0.2, -0.15) is 0 Å². The number of aliphatic hydroxyl groups is 1. The van der Waals surface area contributed by atoms with E-state index in [1.165, 1.54) is 0 Å². The Bertz CT molecular complexity index is 1860. The summed E-state index contributed by atoms with van der Waals surface area (Å²) in [4.78, 5) is 55.9. The lowest BCUT2D eigenvalue weighted by atomic mass is 9.71. The second-order valence-electron chi connectivity index (χ2n) is 15.1. The van der Waals surface area contributed by atoms with Gasteiger partial charge in [-0.05, 0) is 41.9 Å². The highest BCUT2D eigenvalue weighted by molar-refractivity contribution is 6.19. The van der Waals surface area contributed by atoms with Crippen LogP contribution in [0.1, 0.15) is 49.8 Å². The van der Waals surface area contributed by atoms with Crippen molar-refractivity contribution in [3.8, 4) is 0 Å². The highest BCUT2D eigenvalue weighted by atomic mass is 16.6. The van der Waals surface area contributed by atoms with Gasteiger partial charge in [0.15, 0.2) is 11.6 Å². The molecule has 1 fully saturated rings. The van der Waals surface area contributed by atoms with Gasteiger partial charge in [0.2, 0.25) is 5.91 Å². The number of primary amides is 1. The molecule has 11 nitrogen and oxygen atoms in total. The van der Waals surface area contributed by atoms with E-state index in [9.17, 15) is 19.5 Å². The first kappa shape index (κ1) is 38.5. The summed E-state index contributed by atoms with van der Waals surface area (Å²) < 4.78 is 11.0. The summed E-state index contributed by atoms with van der Waals surface area (Å²) in [6.45, 7) is 4.74. The molecule has 0 saturated carbocycles. The minimum Gasteiger partial charge on any atom is -0.444 e. The van der Waals surface area contributed by atoms with Crippen molar-refractivity contribution in [2.45, 2.75) is 81.7 Å². The third-order valence-corrected chi connectivity index (χ3v) is 10.6. The van der Waals surface area contributed by atoms with Crippen LogP contribution in [-0.2, 0) is 43.1 Å². The largest absolute Gasteiger partial charge is 0.444 e. The van der Waals surface area contributed by atoms with Gasteiger partial charge in [0.05, 0.1) is 31.3 Å². The summed E-state index contributed by atoms with van der Waals surface area (Å²) in [6.07, 6.45) is 2.29. The number of carbonyl (C=O) groups is 4. The zero-order chi connectivity index (χ0) is 38.3. The van der Waals surface area contributed by atoms with E-state index in [4.69, 9.17) is 15.2 Å². The third kappa shape index (κ3) is 8.58. The number of amides is 2. The zero-order valence-electron chi connectivity index (χ0n) is 30.8. The lowest BCUT2D eigenvalue weighted by Crippen LogP contribution is -2.57. The van der Waals surface area contributed by atoms with E-state index in [-0.39, 0.29) is 66.8 Å². The van der Waals surface area contributed by atoms with Crippen molar-refractivity contribution in [1.29, 1.82) is 0 Å². The summed E-state index contributed by atoms with van der Waals surface area (Å²) in [7, 11) is 0. The van der Waals surface area contributed by atoms with E-state index in [1.807, 2.05) is 105 Å². The summed E-state index contributed by atoms with van der Waals surface area (Å²) in [5.74, 6) is -2.32. The first-order chi connectivity index (χ1) is 26.0. The van der Waals surface area contributed by atoms with Crippen molar-refractivity contribution in [2.75, 3.05) is 13.2 Å². The SMILES string of the molecule is CC(C)CC1(C2=CNC(Cc3ccccc3)(CC(O)C(Cc3ccccc3)NC(=O)OC3CCOC3)C2=O)NC=C(C(Cc2ccccc2)C(N)=O)C1=O. The van der Waals surface area contributed by atoms with Gasteiger partial charge in [0, 0.05) is 42.8 Å². The fourth-order valence-corrected chi connectivity index (χ4v) is 7.93. The molecule has 6 unspecified atom stereocenters. The molecular formula is C43H50N4O7. The van der Waals surface area contributed by atoms with Crippen molar-refractivity contribution in [3.05, 3.63) is 131 Å². The molecule has 3 aromatic carbocycles. The number of aliphatic hydroxyl groups excluding tert-OH is 1. The van der Waals surface area contributed by atoms with Gasteiger partial charge in [-0.3, -0.25) is 14.4 Å². The molecule has 0 spiro atoms. The van der Waals surface area contributed by atoms with Gasteiger partial charge in [0.1, 0.15) is 17.2 Å². The number of hydrogen-bond acceptors (Lipinski definition) is 9. The van der Waals surface area contributed by atoms with Crippen LogP contribution in [0.2, 0.25) is 0 Å². The van der Waals surface area contributed by atoms with Crippen LogP contribution >= 0.6 is 0 Å². The molecule has 3 aliphatic heterocycles. The number of rotatable bonds is 16. The molecule has 2 amide bonds. The van der Waals surface area contributed by atoms with Crippen LogP contribution < -0.4 is 21.7 Å². The van der Waals surface area contributed by atoms with Crippen molar-refractivity contribution in [2.24, 2.45) is 17.6 Å². The van der Waals surface area contributed by atoms with Crippen LogP contribution in [0.25, 0.3) is 0 Å².